The molecule has 8 heteroatoms. The second-order valence-corrected chi connectivity index (χ2v) is 4.57. The summed E-state index contributed by atoms with van der Waals surface area (Å²) >= 11 is 5.88. The van der Waals surface area contributed by atoms with Crippen LogP contribution < -0.4 is 10.3 Å². The van der Waals surface area contributed by atoms with Crippen molar-refractivity contribution in [2.75, 3.05) is 14.2 Å². The number of carbonyl (C=O) groups excluding carboxylic acids is 1. The molecule has 2 heterocycles. The average molecular weight is 313 g/mol. The maximum absolute atomic E-state index is 11.9. The molecule has 0 aliphatic rings. The summed E-state index contributed by atoms with van der Waals surface area (Å²) in [6.45, 7) is 1.75. The molecule has 21 heavy (non-hydrogen) atoms. The molecule has 0 saturated heterocycles. The molecular formula is C13H13ClN2O5. The molecule has 0 fully saturated rings. The van der Waals surface area contributed by atoms with Gasteiger partial charge in [-0.2, -0.15) is 5.10 Å². The van der Waals surface area contributed by atoms with Crippen molar-refractivity contribution >= 4 is 17.6 Å². The SMILES string of the molecule is COC(=O)c1oc(Cn2nc(Cl)c(OC)cc2=O)cc1C. The van der Waals surface area contributed by atoms with Gasteiger partial charge in [-0.25, -0.2) is 9.48 Å². The van der Waals surface area contributed by atoms with Crippen molar-refractivity contribution in [3.05, 3.63) is 44.7 Å². The van der Waals surface area contributed by atoms with Crippen LogP contribution in [0.25, 0.3) is 0 Å². The summed E-state index contributed by atoms with van der Waals surface area (Å²) in [6.07, 6.45) is 0. The molecule has 0 aliphatic heterocycles. The Labute approximate surface area is 125 Å². The smallest absolute Gasteiger partial charge is 0.374 e. The van der Waals surface area contributed by atoms with Gasteiger partial charge in [-0.05, 0) is 13.0 Å². The van der Waals surface area contributed by atoms with E-state index in [0.29, 0.717) is 11.3 Å². The van der Waals surface area contributed by atoms with Gasteiger partial charge in [-0.15, -0.1) is 0 Å². The van der Waals surface area contributed by atoms with Crippen LogP contribution in [0.2, 0.25) is 5.15 Å². The van der Waals surface area contributed by atoms with Crippen LogP contribution in [0.15, 0.2) is 21.3 Å². The van der Waals surface area contributed by atoms with Crippen LogP contribution in [0.3, 0.4) is 0 Å². The van der Waals surface area contributed by atoms with Gasteiger partial charge in [0.2, 0.25) is 5.76 Å². The number of hydrogen-bond acceptors (Lipinski definition) is 6. The van der Waals surface area contributed by atoms with Crippen LogP contribution >= 0.6 is 11.6 Å². The van der Waals surface area contributed by atoms with E-state index in [0.717, 1.165) is 4.68 Å². The molecule has 7 nitrogen and oxygen atoms in total. The number of nitrogens with zero attached hydrogens (tertiary/aromatic N) is 2. The van der Waals surface area contributed by atoms with E-state index in [1.807, 2.05) is 0 Å². The second-order valence-electron chi connectivity index (χ2n) is 4.22. The highest BCUT2D eigenvalue weighted by Gasteiger charge is 2.17. The highest BCUT2D eigenvalue weighted by atomic mass is 35.5. The van der Waals surface area contributed by atoms with Gasteiger partial charge in [0.05, 0.1) is 20.3 Å². The first-order valence-corrected chi connectivity index (χ1v) is 6.33. The van der Waals surface area contributed by atoms with Crippen molar-refractivity contribution in [3.63, 3.8) is 0 Å². The quantitative estimate of drug-likeness (QED) is 0.798. The first-order chi connectivity index (χ1) is 9.96. The summed E-state index contributed by atoms with van der Waals surface area (Å²) < 4.78 is 16.0. The van der Waals surface area contributed by atoms with Crippen LogP contribution in [0.4, 0.5) is 0 Å². The molecule has 0 radical (unpaired) electrons. The lowest BCUT2D eigenvalue weighted by molar-refractivity contribution is 0.0561. The minimum absolute atomic E-state index is 0.0420. The lowest BCUT2D eigenvalue weighted by Gasteiger charge is -2.05. The number of aromatic nitrogens is 2. The zero-order valence-corrected chi connectivity index (χ0v) is 12.4. The fourth-order valence-corrected chi connectivity index (χ4v) is 2.00. The normalized spacial score (nSPS) is 10.5. The first kappa shape index (κ1) is 15.1. The Morgan fingerprint density at radius 2 is 2.14 bits per heavy atom. The predicted molar refractivity (Wildman–Crippen MR) is 73.9 cm³/mol. The third-order valence-electron chi connectivity index (χ3n) is 2.79. The Hall–Kier alpha value is -2.28. The van der Waals surface area contributed by atoms with E-state index in [2.05, 4.69) is 9.84 Å². The maximum atomic E-state index is 11.9. The summed E-state index contributed by atoms with van der Waals surface area (Å²) in [6, 6.07) is 2.87. The number of esters is 1. The Bertz CT molecular complexity index is 735. The molecule has 0 spiro atoms. The number of hydrogen-bond donors (Lipinski definition) is 0. The predicted octanol–water partition coefficient (Wildman–Crippen LogP) is 1.64. The van der Waals surface area contributed by atoms with Gasteiger partial charge in [-0.1, -0.05) is 11.6 Å². The van der Waals surface area contributed by atoms with Crippen LogP contribution in [-0.4, -0.2) is 30.0 Å². The van der Waals surface area contributed by atoms with E-state index < -0.39 is 11.5 Å². The molecule has 2 rings (SSSR count). The van der Waals surface area contributed by atoms with E-state index in [1.54, 1.807) is 13.0 Å². The molecule has 0 atom stereocenters. The van der Waals surface area contributed by atoms with Gasteiger partial charge >= 0.3 is 5.97 Å². The highest BCUT2D eigenvalue weighted by molar-refractivity contribution is 6.30. The molecule has 0 N–H and O–H groups in total. The third-order valence-corrected chi connectivity index (χ3v) is 3.05. The summed E-state index contributed by atoms with van der Waals surface area (Å²) in [5.74, 6) is 0.111. The van der Waals surface area contributed by atoms with Crippen LogP contribution in [0.1, 0.15) is 21.9 Å². The summed E-state index contributed by atoms with van der Waals surface area (Å²) in [7, 11) is 2.66. The van der Waals surface area contributed by atoms with Crippen molar-refractivity contribution in [1.82, 2.24) is 9.78 Å². The molecule has 0 aliphatic carbocycles. The lowest BCUT2D eigenvalue weighted by atomic mass is 10.2. The summed E-state index contributed by atoms with van der Waals surface area (Å²) in [5.41, 5.74) is 0.217. The molecular weight excluding hydrogens is 300 g/mol. The molecule has 0 amide bonds. The Balaban J connectivity index is 2.33. The minimum Gasteiger partial charge on any atom is -0.493 e. The summed E-state index contributed by atoms with van der Waals surface area (Å²) in [4.78, 5) is 23.3. The van der Waals surface area contributed by atoms with Gasteiger partial charge in [0.25, 0.3) is 5.56 Å². The van der Waals surface area contributed by atoms with Gasteiger partial charge in [-0.3, -0.25) is 4.79 Å². The number of halogens is 1. The number of methoxy groups -OCH3 is 2. The van der Waals surface area contributed by atoms with Gasteiger partial charge in [0.15, 0.2) is 10.9 Å². The van der Waals surface area contributed by atoms with Crippen molar-refractivity contribution in [3.8, 4) is 5.75 Å². The van der Waals surface area contributed by atoms with E-state index in [1.165, 1.54) is 20.3 Å². The maximum Gasteiger partial charge on any atom is 0.374 e. The minimum atomic E-state index is -0.577. The van der Waals surface area contributed by atoms with Crippen molar-refractivity contribution < 1.29 is 18.7 Å². The van der Waals surface area contributed by atoms with Crippen LogP contribution in [-0.2, 0) is 11.3 Å². The van der Waals surface area contributed by atoms with Gasteiger partial charge in [0.1, 0.15) is 12.3 Å². The zero-order chi connectivity index (χ0) is 15.6. The Morgan fingerprint density at radius 1 is 1.43 bits per heavy atom. The highest BCUT2D eigenvalue weighted by Crippen LogP contribution is 2.19. The number of ether oxygens (including phenoxy) is 2. The molecule has 0 bridgehead atoms. The number of furan rings is 1. The van der Waals surface area contributed by atoms with Crippen molar-refractivity contribution in [1.29, 1.82) is 0 Å². The number of carbonyl (C=O) groups is 1. The zero-order valence-electron chi connectivity index (χ0n) is 11.7. The van der Waals surface area contributed by atoms with Gasteiger partial charge in [0, 0.05) is 5.56 Å². The van der Waals surface area contributed by atoms with E-state index >= 15 is 0 Å². The summed E-state index contributed by atoms with van der Waals surface area (Å²) in [5, 5.41) is 3.97. The first-order valence-electron chi connectivity index (χ1n) is 5.95. The van der Waals surface area contributed by atoms with Crippen molar-refractivity contribution in [2.24, 2.45) is 0 Å². The van der Waals surface area contributed by atoms with E-state index in [9.17, 15) is 9.59 Å². The lowest BCUT2D eigenvalue weighted by Crippen LogP contribution is -2.22. The van der Waals surface area contributed by atoms with Crippen LogP contribution in [0, 0.1) is 6.92 Å². The Morgan fingerprint density at radius 3 is 2.76 bits per heavy atom. The molecule has 0 saturated carbocycles. The monoisotopic (exact) mass is 312 g/mol. The fourth-order valence-electron chi connectivity index (χ4n) is 1.78. The molecule has 2 aromatic heterocycles. The fraction of sp³-hybridized carbons (Fsp3) is 0.308. The standard InChI is InChI=1S/C13H13ClN2O5/c1-7-4-8(21-11(7)13(18)20-3)6-16-10(17)5-9(19-2)12(14)15-16/h4-5H,6H2,1-3H3. The van der Waals surface area contributed by atoms with E-state index in [4.69, 9.17) is 20.8 Å². The second kappa shape index (κ2) is 6.01. The third kappa shape index (κ3) is 3.08. The van der Waals surface area contributed by atoms with Crippen LogP contribution in [0.5, 0.6) is 5.75 Å². The number of rotatable bonds is 4. The average Bonchev–Trinajstić information content (AvgIpc) is 2.82. The van der Waals surface area contributed by atoms with Crippen molar-refractivity contribution in [2.45, 2.75) is 13.5 Å². The van der Waals surface area contributed by atoms with Gasteiger partial charge < -0.3 is 13.9 Å². The largest absolute Gasteiger partial charge is 0.493 e. The molecule has 0 unspecified atom stereocenters. The topological polar surface area (TPSA) is 83.6 Å². The molecule has 0 aromatic carbocycles. The Kier molecular flexibility index (Phi) is 4.32. The van der Waals surface area contributed by atoms with E-state index in [-0.39, 0.29) is 23.2 Å². The molecule has 2 aromatic rings. The number of aryl methyl sites for hydroxylation is 1. The molecule has 112 valence electrons.